The molecule has 5 nitrogen and oxygen atoms in total. The highest BCUT2D eigenvalue weighted by Crippen LogP contribution is 2.31. The number of carbonyl (C=O) groups is 2. The molecule has 2 rings (SSSR count). The summed E-state index contributed by atoms with van der Waals surface area (Å²) >= 11 is 3.23. The summed E-state index contributed by atoms with van der Waals surface area (Å²) in [5, 5.41) is 11.5. The third-order valence-corrected chi connectivity index (χ3v) is 3.16. The van der Waals surface area contributed by atoms with Crippen LogP contribution in [0.3, 0.4) is 0 Å². The van der Waals surface area contributed by atoms with E-state index in [0.717, 1.165) is 11.1 Å². The van der Waals surface area contributed by atoms with Gasteiger partial charge in [-0.1, -0.05) is 6.07 Å². The Morgan fingerprint density at radius 1 is 1.37 bits per heavy atom. The van der Waals surface area contributed by atoms with Crippen LogP contribution in [0.25, 0.3) is 11.3 Å². The van der Waals surface area contributed by atoms with Crippen molar-refractivity contribution < 1.29 is 19.1 Å². The first-order valence-corrected chi connectivity index (χ1v) is 6.43. The molecule has 1 unspecified atom stereocenters. The molecule has 0 saturated heterocycles. The Balaban J connectivity index is 2.25. The van der Waals surface area contributed by atoms with Crippen molar-refractivity contribution >= 4 is 27.8 Å². The van der Waals surface area contributed by atoms with Crippen LogP contribution in [-0.4, -0.2) is 23.0 Å². The third-order valence-electron chi connectivity index (χ3n) is 2.74. The summed E-state index contributed by atoms with van der Waals surface area (Å²) in [6.07, 6.45) is 0.218. The lowest BCUT2D eigenvalue weighted by Crippen LogP contribution is -2.41. The predicted molar refractivity (Wildman–Crippen MR) is 72.0 cm³/mol. The van der Waals surface area contributed by atoms with Gasteiger partial charge in [0.05, 0.1) is 0 Å². The molecule has 0 spiro atoms. The van der Waals surface area contributed by atoms with E-state index in [2.05, 4.69) is 21.2 Å². The lowest BCUT2D eigenvalue weighted by molar-refractivity contribution is -0.141. The Hall–Kier alpha value is -1.82. The second-order valence-electron chi connectivity index (χ2n) is 4.17. The van der Waals surface area contributed by atoms with E-state index < -0.39 is 12.0 Å². The van der Waals surface area contributed by atoms with Crippen LogP contribution in [0.1, 0.15) is 12.5 Å². The number of amides is 1. The molecule has 1 atom stereocenters. The van der Waals surface area contributed by atoms with E-state index in [9.17, 15) is 9.59 Å². The standard InChI is InChI=1S/C13H12BrNO4/c1-7(16)15-10(13(17)18)6-8-2-4-11-9(8)3-5-12(14)19-11/h2-5,10H,6H2,1H3,(H,15,16)(H,17,18). The molecule has 1 amide bonds. The van der Waals surface area contributed by atoms with E-state index in [-0.39, 0.29) is 12.3 Å². The Kier molecular flexibility index (Phi) is 3.90. The molecule has 0 aromatic heterocycles. The minimum atomic E-state index is -1.06. The SMILES string of the molecule is CC(=O)NC(Cc1ccc2oc(Br)ccc1-2)C(=O)O. The molecular formula is C13H12BrNO4. The summed E-state index contributed by atoms with van der Waals surface area (Å²) in [5.41, 5.74) is 1.67. The topological polar surface area (TPSA) is 79.5 Å². The molecule has 19 heavy (non-hydrogen) atoms. The van der Waals surface area contributed by atoms with Gasteiger partial charge in [0.1, 0.15) is 11.8 Å². The van der Waals surface area contributed by atoms with Gasteiger partial charge in [0.15, 0.2) is 4.67 Å². The van der Waals surface area contributed by atoms with Crippen LogP contribution in [0.2, 0.25) is 0 Å². The first kappa shape index (κ1) is 13.6. The maximum absolute atomic E-state index is 11.1. The van der Waals surface area contributed by atoms with Gasteiger partial charge in [0.2, 0.25) is 5.91 Å². The number of rotatable bonds is 4. The lowest BCUT2D eigenvalue weighted by atomic mass is 10.0. The average molecular weight is 326 g/mol. The molecular weight excluding hydrogens is 314 g/mol. The highest BCUT2D eigenvalue weighted by Gasteiger charge is 2.22. The summed E-state index contributed by atoms with van der Waals surface area (Å²) in [5.74, 6) is -0.745. The molecule has 0 radical (unpaired) electrons. The Labute approximate surface area is 118 Å². The summed E-state index contributed by atoms with van der Waals surface area (Å²) in [6.45, 7) is 1.30. The smallest absolute Gasteiger partial charge is 0.326 e. The average Bonchev–Trinajstić information content (AvgIpc) is 2.70. The fourth-order valence-electron chi connectivity index (χ4n) is 1.92. The first-order valence-electron chi connectivity index (χ1n) is 5.64. The number of carboxylic acid groups (broad SMARTS) is 1. The quantitative estimate of drug-likeness (QED) is 0.903. The van der Waals surface area contributed by atoms with Gasteiger partial charge >= 0.3 is 5.97 Å². The van der Waals surface area contributed by atoms with Crippen LogP contribution < -0.4 is 5.32 Å². The molecule has 1 aliphatic carbocycles. The van der Waals surface area contributed by atoms with Crippen LogP contribution >= 0.6 is 15.9 Å². The number of halogens is 1. The molecule has 1 heterocycles. The molecule has 0 aromatic carbocycles. The van der Waals surface area contributed by atoms with Crippen molar-refractivity contribution in [3.63, 3.8) is 0 Å². The molecule has 2 N–H and O–H groups in total. The predicted octanol–water partition coefficient (Wildman–Crippen LogP) is 2.28. The number of carbonyl (C=O) groups excluding carboxylic acids is 1. The number of hydrogen-bond donors (Lipinski definition) is 2. The molecule has 0 saturated carbocycles. The van der Waals surface area contributed by atoms with Crippen molar-refractivity contribution in [2.75, 3.05) is 0 Å². The van der Waals surface area contributed by atoms with Crippen LogP contribution in [-0.2, 0) is 16.0 Å². The number of carboxylic acids is 1. The number of aliphatic carboxylic acids is 1. The van der Waals surface area contributed by atoms with Gasteiger partial charge in [0.25, 0.3) is 0 Å². The zero-order chi connectivity index (χ0) is 14.0. The van der Waals surface area contributed by atoms with Crippen molar-refractivity contribution in [1.82, 2.24) is 5.32 Å². The van der Waals surface area contributed by atoms with E-state index in [1.165, 1.54) is 6.92 Å². The Morgan fingerprint density at radius 3 is 2.74 bits per heavy atom. The molecule has 6 heteroatoms. The number of nitrogens with one attached hydrogen (secondary N) is 1. The van der Waals surface area contributed by atoms with Crippen LogP contribution in [0.15, 0.2) is 33.4 Å². The van der Waals surface area contributed by atoms with E-state index >= 15 is 0 Å². The van der Waals surface area contributed by atoms with Crippen LogP contribution in [0.5, 0.6) is 0 Å². The minimum absolute atomic E-state index is 0.218. The normalized spacial score (nSPS) is 12.3. The first-order chi connectivity index (χ1) is 8.97. The zero-order valence-electron chi connectivity index (χ0n) is 10.1. The lowest BCUT2D eigenvalue weighted by Gasteiger charge is -2.13. The minimum Gasteiger partial charge on any atom is -0.480 e. The van der Waals surface area contributed by atoms with Gasteiger partial charge < -0.3 is 14.8 Å². The highest BCUT2D eigenvalue weighted by molar-refractivity contribution is 9.10. The van der Waals surface area contributed by atoms with Gasteiger partial charge in [-0.3, -0.25) is 4.79 Å². The van der Waals surface area contributed by atoms with E-state index in [0.29, 0.717) is 10.4 Å². The second kappa shape index (κ2) is 5.44. The molecule has 100 valence electrons. The van der Waals surface area contributed by atoms with Crippen molar-refractivity contribution in [1.29, 1.82) is 0 Å². The van der Waals surface area contributed by atoms with Crippen molar-refractivity contribution in [2.45, 2.75) is 19.4 Å². The number of hydrogen-bond acceptors (Lipinski definition) is 3. The van der Waals surface area contributed by atoms with Gasteiger partial charge in [-0.25, -0.2) is 4.79 Å². The number of fused-ring (bicyclic) bond motifs is 1. The maximum atomic E-state index is 11.1. The summed E-state index contributed by atoms with van der Waals surface area (Å²) < 4.78 is 6.05. The van der Waals surface area contributed by atoms with Gasteiger partial charge in [0, 0.05) is 18.9 Å². The van der Waals surface area contributed by atoms with Gasteiger partial charge in [-0.15, -0.1) is 0 Å². The van der Waals surface area contributed by atoms with Gasteiger partial charge in [-0.05, 0) is 39.7 Å². The highest BCUT2D eigenvalue weighted by atomic mass is 79.9. The van der Waals surface area contributed by atoms with Crippen molar-refractivity contribution in [2.24, 2.45) is 0 Å². The molecule has 0 bridgehead atoms. The third kappa shape index (κ3) is 3.14. The summed E-state index contributed by atoms with van der Waals surface area (Å²) in [6, 6.07) is 6.25. The largest absolute Gasteiger partial charge is 0.480 e. The molecule has 1 aliphatic heterocycles. The fraction of sp³-hybridized carbons (Fsp3) is 0.231. The molecule has 0 fully saturated rings. The second-order valence-corrected chi connectivity index (χ2v) is 4.95. The van der Waals surface area contributed by atoms with Crippen LogP contribution in [0.4, 0.5) is 0 Å². The van der Waals surface area contributed by atoms with Gasteiger partial charge in [-0.2, -0.15) is 0 Å². The Bertz CT molecular complexity index is 592. The maximum Gasteiger partial charge on any atom is 0.326 e. The summed E-state index contributed by atoms with van der Waals surface area (Å²) in [7, 11) is 0. The Morgan fingerprint density at radius 2 is 2.11 bits per heavy atom. The van der Waals surface area contributed by atoms with E-state index in [1.54, 1.807) is 18.2 Å². The van der Waals surface area contributed by atoms with Crippen LogP contribution in [0, 0.1) is 0 Å². The van der Waals surface area contributed by atoms with E-state index in [1.807, 2.05) is 6.07 Å². The van der Waals surface area contributed by atoms with Crippen molar-refractivity contribution in [3.8, 4) is 11.3 Å². The monoisotopic (exact) mass is 325 g/mol. The van der Waals surface area contributed by atoms with Crippen molar-refractivity contribution in [3.05, 3.63) is 34.5 Å². The van der Waals surface area contributed by atoms with E-state index in [4.69, 9.17) is 9.52 Å². The summed E-state index contributed by atoms with van der Waals surface area (Å²) in [4.78, 5) is 22.1. The molecule has 2 aliphatic rings. The molecule has 0 aromatic rings. The zero-order valence-corrected chi connectivity index (χ0v) is 11.7. The fourth-order valence-corrected chi connectivity index (χ4v) is 2.23.